The zero-order valence-corrected chi connectivity index (χ0v) is 12.1. The van der Waals surface area contributed by atoms with Crippen LogP contribution >= 0.6 is 21.1 Å². The number of nitrogens with zero attached hydrogens (tertiary/aromatic N) is 1. The highest BCUT2D eigenvalue weighted by Crippen LogP contribution is 2.08. The van der Waals surface area contributed by atoms with Gasteiger partial charge in [-0.3, -0.25) is 9.59 Å². The summed E-state index contributed by atoms with van der Waals surface area (Å²) >= 11 is -0.560. The van der Waals surface area contributed by atoms with Crippen LogP contribution in [0.1, 0.15) is 27.2 Å². The molecule has 0 bridgehead atoms. The molecule has 1 amide bonds. The van der Waals surface area contributed by atoms with Gasteiger partial charge in [-0.25, -0.2) is 0 Å². The molecule has 0 aromatic heterocycles. The number of ether oxygens (including phenoxy) is 1. The SMILES string of the molecule is CC(C)(C)OC(=O)CCNC(=O)C1=NOI=C1. The number of nitrogens with one attached hydrogen (secondary N) is 1. The molecule has 0 unspecified atom stereocenters. The van der Waals surface area contributed by atoms with Crippen molar-refractivity contribution in [2.75, 3.05) is 6.54 Å². The third-order valence-corrected chi connectivity index (χ3v) is 2.86. The van der Waals surface area contributed by atoms with E-state index >= 15 is 0 Å². The van der Waals surface area contributed by atoms with Crippen LogP contribution in [0.5, 0.6) is 0 Å². The molecule has 0 aromatic carbocycles. The summed E-state index contributed by atoms with van der Waals surface area (Å²) in [7, 11) is 0. The lowest BCUT2D eigenvalue weighted by atomic mass is 10.2. The van der Waals surface area contributed by atoms with E-state index in [-0.39, 0.29) is 24.8 Å². The number of hydrogen-bond acceptors (Lipinski definition) is 5. The van der Waals surface area contributed by atoms with Crippen molar-refractivity contribution in [2.24, 2.45) is 5.16 Å². The van der Waals surface area contributed by atoms with Crippen LogP contribution in [-0.4, -0.2) is 33.7 Å². The van der Waals surface area contributed by atoms with Crippen LogP contribution in [0.3, 0.4) is 0 Å². The Balaban J connectivity index is 2.22. The van der Waals surface area contributed by atoms with Crippen LogP contribution in [0.4, 0.5) is 0 Å². The minimum Gasteiger partial charge on any atom is -0.460 e. The lowest BCUT2D eigenvalue weighted by Gasteiger charge is -2.19. The highest BCUT2D eigenvalue weighted by Gasteiger charge is 2.17. The average Bonchev–Trinajstić information content (AvgIpc) is 2.66. The zero-order chi connectivity index (χ0) is 12.9. The monoisotopic (exact) mass is 354 g/mol. The van der Waals surface area contributed by atoms with Crippen molar-refractivity contribution in [3.05, 3.63) is 0 Å². The second-order valence-electron chi connectivity index (χ2n) is 4.34. The lowest BCUT2D eigenvalue weighted by Crippen LogP contribution is -2.33. The van der Waals surface area contributed by atoms with Crippen molar-refractivity contribution in [1.82, 2.24) is 5.32 Å². The van der Waals surface area contributed by atoms with Gasteiger partial charge in [0.2, 0.25) is 0 Å². The Morgan fingerprint density at radius 1 is 1.53 bits per heavy atom. The molecule has 1 aliphatic rings. The van der Waals surface area contributed by atoms with E-state index < -0.39 is 26.7 Å². The summed E-state index contributed by atoms with van der Waals surface area (Å²) in [6.45, 7) is 5.63. The fourth-order valence-corrected chi connectivity index (χ4v) is 2.07. The number of rotatable bonds is 4. The number of oxime groups is 1. The lowest BCUT2D eigenvalue weighted by molar-refractivity contribution is -0.154. The summed E-state index contributed by atoms with van der Waals surface area (Å²) in [5.41, 5.74) is -0.204. The van der Waals surface area contributed by atoms with Gasteiger partial charge in [-0.2, -0.15) is 0 Å². The Morgan fingerprint density at radius 2 is 2.24 bits per heavy atom. The quantitative estimate of drug-likeness (QED) is 0.602. The first-order chi connectivity index (χ1) is 7.88. The topological polar surface area (TPSA) is 77.0 Å². The van der Waals surface area contributed by atoms with Gasteiger partial charge >= 0.3 is 5.97 Å². The van der Waals surface area contributed by atoms with Gasteiger partial charge in [0, 0.05) is 10.6 Å². The van der Waals surface area contributed by atoms with Gasteiger partial charge in [0.1, 0.15) is 5.60 Å². The minimum atomic E-state index is -0.560. The number of hydrogen-bond donors (Lipinski definition) is 1. The molecule has 7 heteroatoms. The fraction of sp³-hybridized carbons (Fsp3) is 0.600. The fourth-order valence-electron chi connectivity index (χ4n) is 0.991. The molecule has 0 spiro atoms. The molecule has 6 nitrogen and oxygen atoms in total. The Kier molecular flexibility index (Phi) is 5.03. The van der Waals surface area contributed by atoms with E-state index in [9.17, 15) is 9.59 Å². The highest BCUT2D eigenvalue weighted by atomic mass is 127. The molecule has 1 N–H and O–H groups in total. The molecule has 96 valence electrons. The first kappa shape index (κ1) is 14.1. The summed E-state index contributed by atoms with van der Waals surface area (Å²) in [6, 6.07) is 0. The molecule has 1 rings (SSSR count). The van der Waals surface area contributed by atoms with Crippen LogP contribution in [0.15, 0.2) is 5.16 Å². The molecule has 17 heavy (non-hydrogen) atoms. The van der Waals surface area contributed by atoms with Gasteiger partial charge in [-0.05, 0) is 20.8 Å². The van der Waals surface area contributed by atoms with E-state index in [2.05, 4.69) is 10.5 Å². The van der Waals surface area contributed by atoms with Crippen molar-refractivity contribution in [2.45, 2.75) is 32.8 Å². The maximum Gasteiger partial charge on any atom is 0.308 e. The first-order valence-electron chi connectivity index (χ1n) is 5.09. The van der Waals surface area contributed by atoms with Crippen molar-refractivity contribution >= 4 is 42.7 Å². The molecule has 1 aliphatic heterocycles. The number of esters is 1. The molecule has 0 atom stereocenters. The number of carbonyl (C=O) groups is 2. The zero-order valence-electron chi connectivity index (χ0n) is 9.95. The molecular formula is C10H15IN2O4. The van der Waals surface area contributed by atoms with Crippen molar-refractivity contribution < 1.29 is 17.5 Å². The molecule has 0 saturated carbocycles. The summed E-state index contributed by atoms with van der Waals surface area (Å²) in [5, 5.41) is 6.15. The Hall–Kier alpha value is -0.990. The smallest absolute Gasteiger partial charge is 0.308 e. The third-order valence-electron chi connectivity index (χ3n) is 1.59. The highest BCUT2D eigenvalue weighted by molar-refractivity contribution is 14.2. The van der Waals surface area contributed by atoms with Gasteiger partial charge in [-0.1, -0.05) is 5.16 Å². The summed E-state index contributed by atoms with van der Waals surface area (Å²) in [6.07, 6.45) is 0.145. The molecule has 0 fully saturated rings. The first-order valence-corrected chi connectivity index (χ1v) is 7.22. The van der Waals surface area contributed by atoms with Crippen LogP contribution in [0, 0.1) is 0 Å². The number of halogens is 1. The van der Waals surface area contributed by atoms with Crippen LogP contribution in [0.25, 0.3) is 0 Å². The maximum atomic E-state index is 11.4. The number of carbonyl (C=O) groups excluding carboxylic acids is 2. The van der Waals surface area contributed by atoms with Crippen molar-refractivity contribution in [1.29, 1.82) is 0 Å². The van der Waals surface area contributed by atoms with Crippen LogP contribution in [-0.2, 0) is 17.5 Å². The largest absolute Gasteiger partial charge is 0.460 e. The van der Waals surface area contributed by atoms with E-state index in [1.54, 1.807) is 24.8 Å². The van der Waals surface area contributed by atoms with E-state index in [1.807, 2.05) is 0 Å². The summed E-state index contributed by atoms with van der Waals surface area (Å²) in [4.78, 5) is 22.8. The van der Waals surface area contributed by atoms with E-state index in [4.69, 9.17) is 7.90 Å². The van der Waals surface area contributed by atoms with Crippen LogP contribution < -0.4 is 5.32 Å². The number of amides is 1. The maximum absolute atomic E-state index is 11.4. The van der Waals surface area contributed by atoms with Gasteiger partial charge in [-0.15, -0.1) is 0 Å². The van der Waals surface area contributed by atoms with Crippen molar-refractivity contribution in [3.63, 3.8) is 0 Å². The predicted molar refractivity (Wildman–Crippen MR) is 72.1 cm³/mol. The van der Waals surface area contributed by atoms with Gasteiger partial charge in [0.05, 0.1) is 6.42 Å². The Bertz CT molecular complexity index is 371. The van der Waals surface area contributed by atoms with Gasteiger partial charge < -0.3 is 13.2 Å². The predicted octanol–water partition coefficient (Wildman–Crippen LogP) is 0.908. The van der Waals surface area contributed by atoms with Crippen LogP contribution in [0.2, 0.25) is 0 Å². The molecule has 0 aromatic rings. The van der Waals surface area contributed by atoms with Gasteiger partial charge in [0.15, 0.2) is 26.9 Å². The molecule has 0 aliphatic carbocycles. The molecular weight excluding hydrogens is 339 g/mol. The standard InChI is InChI=1S/C10H15IN2O4/c1-10(2,3)16-8(14)4-5-12-9(15)7-6-11-17-13-7/h6H,4-5H2,1-3H3,(H,12,15). The molecule has 0 radical (unpaired) electrons. The molecule has 0 saturated heterocycles. The molecule has 1 heterocycles. The second-order valence-corrected chi connectivity index (χ2v) is 5.86. The normalized spacial score (nSPS) is 14.4. The Morgan fingerprint density at radius 3 is 2.76 bits per heavy atom. The minimum absolute atomic E-state index is 0.145. The second kappa shape index (κ2) is 6.08. The van der Waals surface area contributed by atoms with Crippen molar-refractivity contribution in [3.8, 4) is 0 Å². The Labute approximate surface area is 110 Å². The summed E-state index contributed by atoms with van der Waals surface area (Å²) < 4.78 is 11.5. The van der Waals surface area contributed by atoms with E-state index in [0.29, 0.717) is 5.71 Å². The van der Waals surface area contributed by atoms with E-state index in [0.717, 1.165) is 0 Å². The average molecular weight is 354 g/mol. The summed E-state index contributed by atoms with van der Waals surface area (Å²) in [5.74, 6) is -0.649. The van der Waals surface area contributed by atoms with E-state index in [1.165, 1.54) is 0 Å². The third kappa shape index (κ3) is 5.76. The van der Waals surface area contributed by atoms with Gasteiger partial charge in [0.25, 0.3) is 5.91 Å².